The smallest absolute Gasteiger partial charge is 0.153 e. The monoisotopic (exact) mass is 266 g/mol. The molecule has 0 aliphatic carbocycles. The number of piperidine rings is 1. The first-order valence-corrected chi connectivity index (χ1v) is 6.66. The molecule has 0 N–H and O–H groups in total. The van der Waals surface area contributed by atoms with Crippen LogP contribution in [-0.2, 0) is 0 Å². The molecule has 0 radical (unpaired) electrons. The molecule has 3 nitrogen and oxygen atoms in total. The molecule has 0 saturated carbocycles. The molecule has 0 bridgehead atoms. The van der Waals surface area contributed by atoms with Crippen LogP contribution in [0.5, 0.6) is 0 Å². The molecule has 1 aliphatic heterocycles. The van der Waals surface area contributed by atoms with E-state index in [0.717, 1.165) is 37.9 Å². The minimum absolute atomic E-state index is 0.485. The van der Waals surface area contributed by atoms with E-state index in [4.69, 9.17) is 11.6 Å². The van der Waals surface area contributed by atoms with Crippen molar-refractivity contribution in [1.29, 1.82) is 0 Å². The van der Waals surface area contributed by atoms with Crippen LogP contribution in [0.1, 0.15) is 23.2 Å². The molecule has 1 aromatic rings. The van der Waals surface area contributed by atoms with E-state index in [2.05, 4.69) is 23.9 Å². The topological polar surface area (TPSA) is 23.6 Å². The summed E-state index contributed by atoms with van der Waals surface area (Å²) >= 11 is 6.07. The highest BCUT2D eigenvalue weighted by Gasteiger charge is 2.22. The van der Waals surface area contributed by atoms with Crippen molar-refractivity contribution in [3.63, 3.8) is 0 Å². The third-order valence-electron chi connectivity index (χ3n) is 3.76. The van der Waals surface area contributed by atoms with Crippen LogP contribution in [-0.4, -0.2) is 44.4 Å². The molecule has 18 heavy (non-hydrogen) atoms. The van der Waals surface area contributed by atoms with Gasteiger partial charge in [-0.25, -0.2) is 0 Å². The maximum atomic E-state index is 11.2. The maximum absolute atomic E-state index is 11.2. The Labute approximate surface area is 113 Å². The van der Waals surface area contributed by atoms with Gasteiger partial charge in [0.05, 0.1) is 10.6 Å². The molecular formula is C14H19ClN2O. The number of rotatable bonds is 3. The fourth-order valence-corrected chi connectivity index (χ4v) is 2.74. The van der Waals surface area contributed by atoms with Crippen molar-refractivity contribution in [2.75, 3.05) is 32.1 Å². The van der Waals surface area contributed by atoms with Crippen LogP contribution < -0.4 is 4.90 Å². The second-order valence-corrected chi connectivity index (χ2v) is 5.34. The first-order valence-electron chi connectivity index (χ1n) is 6.28. The van der Waals surface area contributed by atoms with Crippen LogP contribution in [0.3, 0.4) is 0 Å². The summed E-state index contributed by atoms with van der Waals surface area (Å²) in [6.45, 7) is 2.21. The minimum atomic E-state index is 0.485. The molecule has 0 atom stereocenters. The molecule has 0 amide bonds. The van der Waals surface area contributed by atoms with Crippen LogP contribution >= 0.6 is 11.6 Å². The molecule has 2 rings (SSSR count). The summed E-state index contributed by atoms with van der Waals surface area (Å²) in [5, 5.41) is 0.530. The Kier molecular flexibility index (Phi) is 4.25. The molecule has 0 aromatic heterocycles. The fraction of sp³-hybridized carbons (Fsp3) is 0.500. The van der Waals surface area contributed by atoms with E-state index >= 15 is 0 Å². The van der Waals surface area contributed by atoms with Gasteiger partial charge in [-0.2, -0.15) is 0 Å². The van der Waals surface area contributed by atoms with Crippen molar-refractivity contribution in [2.24, 2.45) is 0 Å². The number of hydrogen-bond acceptors (Lipinski definition) is 3. The number of halogens is 1. The van der Waals surface area contributed by atoms with Gasteiger partial charge in [-0.1, -0.05) is 17.7 Å². The summed E-state index contributed by atoms with van der Waals surface area (Å²) < 4.78 is 0. The highest BCUT2D eigenvalue weighted by atomic mass is 35.5. The van der Waals surface area contributed by atoms with Gasteiger partial charge in [0.15, 0.2) is 6.29 Å². The molecule has 1 aliphatic rings. The highest BCUT2D eigenvalue weighted by Crippen LogP contribution is 2.28. The number of hydrogen-bond donors (Lipinski definition) is 0. The lowest BCUT2D eigenvalue weighted by Gasteiger charge is -2.37. The molecule has 1 saturated heterocycles. The van der Waals surface area contributed by atoms with Gasteiger partial charge in [0.25, 0.3) is 0 Å². The number of nitrogens with zero attached hydrogens (tertiary/aromatic N) is 2. The molecular weight excluding hydrogens is 248 g/mol. The normalized spacial score (nSPS) is 17.7. The lowest BCUT2D eigenvalue weighted by atomic mass is 10.0. The maximum Gasteiger partial charge on any atom is 0.153 e. The van der Waals surface area contributed by atoms with E-state index in [0.29, 0.717) is 16.6 Å². The van der Waals surface area contributed by atoms with Gasteiger partial charge in [0.2, 0.25) is 0 Å². The SMILES string of the molecule is CN1CCC(N(C)c2cccc(Cl)c2C=O)CC1. The van der Waals surface area contributed by atoms with E-state index < -0.39 is 0 Å². The summed E-state index contributed by atoms with van der Waals surface area (Å²) in [4.78, 5) is 15.7. The van der Waals surface area contributed by atoms with E-state index in [-0.39, 0.29) is 0 Å². The lowest BCUT2D eigenvalue weighted by molar-refractivity contribution is 0.112. The molecule has 1 fully saturated rings. The third kappa shape index (κ3) is 2.68. The van der Waals surface area contributed by atoms with Crippen LogP contribution in [0.2, 0.25) is 5.02 Å². The molecule has 0 spiro atoms. The van der Waals surface area contributed by atoms with Crippen LogP contribution in [0.4, 0.5) is 5.69 Å². The summed E-state index contributed by atoms with van der Waals surface area (Å²) in [5.74, 6) is 0. The van der Waals surface area contributed by atoms with Crippen molar-refractivity contribution >= 4 is 23.6 Å². The van der Waals surface area contributed by atoms with Gasteiger partial charge in [0.1, 0.15) is 0 Å². The molecule has 1 heterocycles. The Morgan fingerprint density at radius 2 is 2.06 bits per heavy atom. The zero-order chi connectivity index (χ0) is 13.1. The first kappa shape index (κ1) is 13.4. The van der Waals surface area contributed by atoms with E-state index in [9.17, 15) is 4.79 Å². The zero-order valence-electron chi connectivity index (χ0n) is 10.9. The predicted molar refractivity (Wildman–Crippen MR) is 75.8 cm³/mol. The molecule has 1 aromatic carbocycles. The molecule has 4 heteroatoms. The van der Waals surface area contributed by atoms with Crippen molar-refractivity contribution in [1.82, 2.24) is 4.90 Å². The fourth-order valence-electron chi connectivity index (χ4n) is 2.53. The Bertz CT molecular complexity index is 428. The quantitative estimate of drug-likeness (QED) is 0.786. The number of carbonyl (C=O) groups is 1. The van der Waals surface area contributed by atoms with Gasteiger partial charge in [-0.3, -0.25) is 4.79 Å². The molecule has 0 unspecified atom stereocenters. The van der Waals surface area contributed by atoms with E-state index in [1.165, 1.54) is 0 Å². The standard InChI is InChI=1S/C14H19ClN2O/c1-16-8-6-11(7-9-16)17(2)14-5-3-4-13(15)12(14)10-18/h3-5,10-11H,6-9H2,1-2H3. The van der Waals surface area contributed by atoms with Crippen LogP contribution in [0.25, 0.3) is 0 Å². The number of likely N-dealkylation sites (tertiary alicyclic amines) is 1. The largest absolute Gasteiger partial charge is 0.371 e. The number of benzene rings is 1. The number of carbonyl (C=O) groups excluding carboxylic acids is 1. The predicted octanol–water partition coefficient (Wildman–Crippen LogP) is 2.68. The van der Waals surface area contributed by atoms with Gasteiger partial charge >= 0.3 is 0 Å². The van der Waals surface area contributed by atoms with Gasteiger partial charge < -0.3 is 9.80 Å². The van der Waals surface area contributed by atoms with Gasteiger partial charge in [-0.05, 0) is 45.1 Å². The average Bonchev–Trinajstić information content (AvgIpc) is 2.38. The minimum Gasteiger partial charge on any atom is -0.371 e. The van der Waals surface area contributed by atoms with Crippen molar-refractivity contribution in [3.05, 3.63) is 28.8 Å². The van der Waals surface area contributed by atoms with E-state index in [1.807, 2.05) is 12.1 Å². The highest BCUT2D eigenvalue weighted by molar-refractivity contribution is 6.33. The Balaban J connectivity index is 2.20. The van der Waals surface area contributed by atoms with Crippen LogP contribution in [0, 0.1) is 0 Å². The Hall–Kier alpha value is -1.06. The first-order chi connectivity index (χ1) is 8.63. The molecule has 98 valence electrons. The summed E-state index contributed by atoms with van der Waals surface area (Å²) in [6.07, 6.45) is 3.10. The van der Waals surface area contributed by atoms with E-state index in [1.54, 1.807) is 6.07 Å². The van der Waals surface area contributed by atoms with Crippen molar-refractivity contribution in [2.45, 2.75) is 18.9 Å². The van der Waals surface area contributed by atoms with Crippen molar-refractivity contribution < 1.29 is 4.79 Å². The van der Waals surface area contributed by atoms with Crippen molar-refractivity contribution in [3.8, 4) is 0 Å². The number of aldehydes is 1. The van der Waals surface area contributed by atoms with Gasteiger partial charge in [-0.15, -0.1) is 0 Å². The second kappa shape index (κ2) is 5.72. The second-order valence-electron chi connectivity index (χ2n) is 4.94. The third-order valence-corrected chi connectivity index (χ3v) is 4.09. The average molecular weight is 267 g/mol. The Morgan fingerprint density at radius 3 is 2.67 bits per heavy atom. The summed E-state index contributed by atoms with van der Waals surface area (Å²) in [7, 11) is 4.20. The summed E-state index contributed by atoms with van der Waals surface area (Å²) in [6, 6.07) is 6.11. The summed E-state index contributed by atoms with van der Waals surface area (Å²) in [5.41, 5.74) is 1.53. The zero-order valence-corrected chi connectivity index (χ0v) is 11.7. The lowest BCUT2D eigenvalue weighted by Crippen LogP contribution is -2.42. The van der Waals surface area contributed by atoms with Crippen LogP contribution in [0.15, 0.2) is 18.2 Å². The number of anilines is 1. The van der Waals surface area contributed by atoms with Gasteiger partial charge in [0, 0.05) is 18.8 Å². The Morgan fingerprint density at radius 1 is 1.39 bits per heavy atom.